The molecule has 0 aliphatic heterocycles. The zero-order valence-electron chi connectivity index (χ0n) is 14.2. The molecule has 3 nitrogen and oxygen atoms in total. The predicted molar refractivity (Wildman–Crippen MR) is 101 cm³/mol. The van der Waals surface area contributed by atoms with Crippen LogP contribution in [0.5, 0.6) is 0 Å². The Morgan fingerprint density at radius 1 is 1.00 bits per heavy atom. The van der Waals surface area contributed by atoms with Gasteiger partial charge >= 0.3 is 0 Å². The van der Waals surface area contributed by atoms with Gasteiger partial charge in [-0.3, -0.25) is 4.79 Å². The first kappa shape index (κ1) is 16.8. The minimum atomic E-state index is -0.106. The van der Waals surface area contributed by atoms with Gasteiger partial charge in [0.25, 0.3) is 5.91 Å². The molecular weight excluding hydrogens is 310 g/mol. The molecule has 0 saturated heterocycles. The van der Waals surface area contributed by atoms with Crippen LogP contribution in [0.2, 0.25) is 0 Å². The maximum Gasteiger partial charge on any atom is 0.252 e. The van der Waals surface area contributed by atoms with E-state index >= 15 is 0 Å². The van der Waals surface area contributed by atoms with E-state index in [0.717, 1.165) is 5.56 Å². The first-order valence-corrected chi connectivity index (χ1v) is 8.38. The summed E-state index contributed by atoms with van der Waals surface area (Å²) in [5.41, 5.74) is 2.67. The molecule has 0 bridgehead atoms. The zero-order chi connectivity index (χ0) is 17.5. The van der Waals surface area contributed by atoms with Crippen LogP contribution in [-0.2, 0) is 4.79 Å². The highest BCUT2D eigenvalue weighted by Gasteiger charge is 2.14. The summed E-state index contributed by atoms with van der Waals surface area (Å²) in [5, 5.41) is 3.04. The molecule has 1 N–H and O–H groups in total. The summed E-state index contributed by atoms with van der Waals surface area (Å²) in [6, 6.07) is 23.5. The molecule has 0 spiro atoms. The largest absolute Gasteiger partial charge is 0.465 e. The Morgan fingerprint density at radius 3 is 2.32 bits per heavy atom. The summed E-state index contributed by atoms with van der Waals surface area (Å²) in [6.07, 6.45) is 3.38. The second kappa shape index (κ2) is 8.15. The smallest absolute Gasteiger partial charge is 0.252 e. The molecule has 1 amide bonds. The van der Waals surface area contributed by atoms with Crippen molar-refractivity contribution in [3.8, 4) is 0 Å². The van der Waals surface area contributed by atoms with Crippen molar-refractivity contribution in [1.82, 2.24) is 5.32 Å². The molecule has 0 radical (unpaired) electrons. The summed E-state index contributed by atoms with van der Waals surface area (Å²) in [7, 11) is 0. The van der Waals surface area contributed by atoms with Gasteiger partial charge in [-0.15, -0.1) is 0 Å². The lowest BCUT2D eigenvalue weighted by Crippen LogP contribution is -2.28. The van der Waals surface area contributed by atoms with Gasteiger partial charge in [0.05, 0.1) is 11.8 Å². The van der Waals surface area contributed by atoms with Crippen molar-refractivity contribution in [2.24, 2.45) is 0 Å². The SMILES string of the molecule is C[C@H](CNC(=O)/C(=C/c1ccco1)c1ccccc1)c1ccccc1. The third-order valence-corrected chi connectivity index (χ3v) is 4.10. The molecule has 0 aliphatic carbocycles. The van der Waals surface area contributed by atoms with Crippen LogP contribution < -0.4 is 5.32 Å². The first-order chi connectivity index (χ1) is 12.2. The number of hydrogen-bond acceptors (Lipinski definition) is 2. The van der Waals surface area contributed by atoms with Crippen LogP contribution >= 0.6 is 0 Å². The number of carbonyl (C=O) groups is 1. The fourth-order valence-corrected chi connectivity index (χ4v) is 2.65. The molecule has 1 aromatic heterocycles. The lowest BCUT2D eigenvalue weighted by molar-refractivity contribution is -0.115. The molecular formula is C22H21NO2. The molecule has 0 saturated carbocycles. The van der Waals surface area contributed by atoms with E-state index in [-0.39, 0.29) is 11.8 Å². The topological polar surface area (TPSA) is 42.2 Å². The van der Waals surface area contributed by atoms with Crippen LogP contribution in [0.1, 0.15) is 29.7 Å². The van der Waals surface area contributed by atoms with Crippen molar-refractivity contribution in [3.05, 3.63) is 95.9 Å². The third-order valence-electron chi connectivity index (χ3n) is 4.10. The van der Waals surface area contributed by atoms with Crippen LogP contribution in [0, 0.1) is 0 Å². The van der Waals surface area contributed by atoms with Gasteiger partial charge in [0, 0.05) is 6.54 Å². The van der Waals surface area contributed by atoms with Crippen LogP contribution in [0.4, 0.5) is 0 Å². The van der Waals surface area contributed by atoms with Crippen LogP contribution in [0.15, 0.2) is 83.5 Å². The van der Waals surface area contributed by atoms with E-state index in [0.29, 0.717) is 17.9 Å². The minimum Gasteiger partial charge on any atom is -0.465 e. The van der Waals surface area contributed by atoms with Gasteiger partial charge in [-0.05, 0) is 35.3 Å². The molecule has 1 heterocycles. The van der Waals surface area contributed by atoms with Gasteiger partial charge in [0.1, 0.15) is 5.76 Å². The van der Waals surface area contributed by atoms with Crippen LogP contribution in [-0.4, -0.2) is 12.5 Å². The molecule has 3 rings (SSSR count). The Hall–Kier alpha value is -3.07. The van der Waals surface area contributed by atoms with Gasteiger partial charge in [-0.2, -0.15) is 0 Å². The Kier molecular flexibility index (Phi) is 5.47. The van der Waals surface area contributed by atoms with Gasteiger partial charge in [-0.25, -0.2) is 0 Å². The lowest BCUT2D eigenvalue weighted by atomic mass is 10.0. The molecule has 0 unspecified atom stereocenters. The summed E-state index contributed by atoms with van der Waals surface area (Å²) in [6.45, 7) is 2.68. The number of nitrogens with one attached hydrogen (secondary N) is 1. The van der Waals surface area contributed by atoms with E-state index in [1.54, 1.807) is 12.3 Å². The van der Waals surface area contributed by atoms with E-state index in [1.165, 1.54) is 5.56 Å². The molecule has 1 atom stereocenters. The highest BCUT2D eigenvalue weighted by atomic mass is 16.3. The highest BCUT2D eigenvalue weighted by Crippen LogP contribution is 2.20. The average Bonchev–Trinajstić information content (AvgIpc) is 3.18. The summed E-state index contributed by atoms with van der Waals surface area (Å²) < 4.78 is 5.37. The Morgan fingerprint density at radius 2 is 1.68 bits per heavy atom. The number of furan rings is 1. The molecule has 2 aromatic carbocycles. The predicted octanol–water partition coefficient (Wildman–Crippen LogP) is 4.74. The molecule has 126 valence electrons. The van der Waals surface area contributed by atoms with Crippen molar-refractivity contribution in [2.75, 3.05) is 6.54 Å². The van der Waals surface area contributed by atoms with E-state index < -0.39 is 0 Å². The number of carbonyl (C=O) groups excluding carboxylic acids is 1. The van der Waals surface area contributed by atoms with Crippen molar-refractivity contribution >= 4 is 17.6 Å². The molecule has 0 aliphatic rings. The fraction of sp³-hybridized carbons (Fsp3) is 0.136. The minimum absolute atomic E-state index is 0.106. The number of rotatable bonds is 6. The van der Waals surface area contributed by atoms with Crippen molar-refractivity contribution in [1.29, 1.82) is 0 Å². The monoisotopic (exact) mass is 331 g/mol. The molecule has 3 heteroatoms. The van der Waals surface area contributed by atoms with Crippen LogP contribution in [0.3, 0.4) is 0 Å². The van der Waals surface area contributed by atoms with E-state index in [1.807, 2.05) is 60.7 Å². The number of benzene rings is 2. The quantitative estimate of drug-likeness (QED) is 0.663. The lowest BCUT2D eigenvalue weighted by Gasteiger charge is -2.14. The fourth-order valence-electron chi connectivity index (χ4n) is 2.65. The molecule has 0 fully saturated rings. The van der Waals surface area contributed by atoms with Crippen molar-refractivity contribution < 1.29 is 9.21 Å². The third kappa shape index (κ3) is 4.48. The summed E-state index contributed by atoms with van der Waals surface area (Å²) in [4.78, 5) is 12.8. The van der Waals surface area contributed by atoms with Crippen LogP contribution in [0.25, 0.3) is 11.6 Å². The number of hydrogen-bond donors (Lipinski definition) is 1. The second-order valence-corrected chi connectivity index (χ2v) is 5.96. The molecule has 25 heavy (non-hydrogen) atoms. The average molecular weight is 331 g/mol. The van der Waals surface area contributed by atoms with Gasteiger partial charge < -0.3 is 9.73 Å². The molecule has 3 aromatic rings. The summed E-state index contributed by atoms with van der Waals surface area (Å²) >= 11 is 0. The maximum atomic E-state index is 12.8. The van der Waals surface area contributed by atoms with Gasteiger partial charge in [-0.1, -0.05) is 67.6 Å². The first-order valence-electron chi connectivity index (χ1n) is 8.38. The highest BCUT2D eigenvalue weighted by molar-refractivity contribution is 6.24. The van der Waals surface area contributed by atoms with E-state index in [4.69, 9.17) is 4.42 Å². The van der Waals surface area contributed by atoms with Crippen molar-refractivity contribution in [2.45, 2.75) is 12.8 Å². The maximum absolute atomic E-state index is 12.8. The van der Waals surface area contributed by atoms with E-state index in [9.17, 15) is 4.79 Å². The second-order valence-electron chi connectivity index (χ2n) is 5.96. The van der Waals surface area contributed by atoms with Gasteiger partial charge in [0.2, 0.25) is 0 Å². The summed E-state index contributed by atoms with van der Waals surface area (Å²) in [5.74, 6) is 0.793. The van der Waals surface area contributed by atoms with Crippen molar-refractivity contribution in [3.63, 3.8) is 0 Å². The Labute approximate surface area is 148 Å². The Balaban J connectivity index is 1.76. The standard InChI is InChI=1S/C22H21NO2/c1-17(18-9-4-2-5-10-18)16-23-22(24)21(15-20-13-8-14-25-20)19-11-6-3-7-12-19/h2-15,17H,16H2,1H3,(H,23,24)/b21-15+/t17-/m1/s1. The normalized spacial score (nSPS) is 12.6. The zero-order valence-corrected chi connectivity index (χ0v) is 14.2. The Bertz CT molecular complexity index is 821. The number of amides is 1. The van der Waals surface area contributed by atoms with E-state index in [2.05, 4.69) is 24.4 Å². The van der Waals surface area contributed by atoms with Gasteiger partial charge in [0.15, 0.2) is 0 Å².